The Kier molecular flexibility index (Phi) is 38.6. The van der Waals surface area contributed by atoms with Gasteiger partial charge in [-0.25, -0.2) is 0 Å². The molecule has 0 nitrogen and oxygen atoms in total. The average Bonchev–Trinajstić information content (AvgIpc) is 2.33. The Morgan fingerprint density at radius 1 is 0.360 bits per heavy atom. The first-order valence-corrected chi connectivity index (χ1v) is 46.3. The summed E-state index contributed by atoms with van der Waals surface area (Å²) in [6.07, 6.45) is 17.8. The van der Waals surface area contributed by atoms with E-state index in [0.29, 0.717) is 0 Å². The SMILES string of the molecule is CC1=C(C)[CH]([Ge]([CH3])([CH3])[CH2]CCCCCC[CH2][Ge]([CH3])([CH3])[CH]2C(C)=C(C)c3ccccc32)c2ccccc21.Cc1cc2c(-c3ccccc3)cccc2[cH-]1.Cc1cc2c(-c3ccccc3)cccc2[cH-]1.[CH2-]CCC.[CH2-]CCC.[CH2-]CCC.[CH2-]CCC.[Zr+3].[Zr+3]. The van der Waals surface area contributed by atoms with E-state index in [0.717, 1.165) is 35.2 Å². The molecular weight excluding hydrogens is 1310 g/mol. The molecule has 456 valence electrons. The molecule has 0 N–H and O–H groups in total. The van der Waals surface area contributed by atoms with Crippen LogP contribution < -0.4 is 0 Å². The third-order valence-electron chi connectivity index (χ3n) is 17.2. The van der Waals surface area contributed by atoms with E-state index in [9.17, 15) is 0 Å². The first-order valence-electron chi connectivity index (χ1n) is 32.5. The average molecular weight is 1430 g/mol. The summed E-state index contributed by atoms with van der Waals surface area (Å²) < 4.78 is 1.55. The van der Waals surface area contributed by atoms with Gasteiger partial charge >= 0.3 is 281 Å². The second-order valence-corrected chi connectivity index (χ2v) is 46.3. The zero-order chi connectivity index (χ0) is 61.7. The molecule has 4 heteroatoms. The quantitative estimate of drug-likeness (QED) is 0.0484. The third kappa shape index (κ3) is 23.6. The Morgan fingerprint density at radius 2 is 0.640 bits per heavy atom. The molecule has 0 saturated heterocycles. The van der Waals surface area contributed by atoms with Crippen molar-refractivity contribution >= 4 is 59.2 Å². The zero-order valence-electron chi connectivity index (χ0n) is 56.5. The van der Waals surface area contributed by atoms with E-state index >= 15 is 0 Å². The largest absolute Gasteiger partial charge is 3.00 e. The van der Waals surface area contributed by atoms with Gasteiger partial charge in [0.2, 0.25) is 0 Å². The van der Waals surface area contributed by atoms with Gasteiger partial charge in [-0.1, -0.05) is 151 Å². The standard InChI is InChI=1S/C34H50Ge2.2C16H13.4C4H9.2Zr/c1-25-27(3)33(31-21-15-13-19-29(25)31)35(5,6)23-17-11-9-10-12-18-24-36(7,8)34-28(4)26(2)30-20-14-16-22-32(30)34;2*1-12-10-14-8-5-9-15(16(14)11-12)13-6-3-2-4-7-13;4*1-3-4-2;;/h13-16,19-22,33-34H,9-12,17-18,23-24H2,1-8H3;2*2-11H,1H3;4*1,3-4H2,2H3;;/q;6*-1;2*+3. The van der Waals surface area contributed by atoms with Crippen molar-refractivity contribution in [3.05, 3.63) is 242 Å². The molecule has 0 fully saturated rings. The molecule has 0 heterocycles. The predicted molar refractivity (Wildman–Crippen MR) is 388 cm³/mol. The summed E-state index contributed by atoms with van der Waals surface area (Å²) in [7, 11) is 0. The van der Waals surface area contributed by atoms with Crippen LogP contribution in [-0.2, 0) is 52.4 Å². The maximum Gasteiger partial charge on any atom is 3.00 e. The van der Waals surface area contributed by atoms with Crippen LogP contribution in [0, 0.1) is 41.5 Å². The van der Waals surface area contributed by atoms with Crippen LogP contribution in [0.2, 0.25) is 33.5 Å². The van der Waals surface area contributed by atoms with Gasteiger partial charge < -0.3 is 27.7 Å². The van der Waals surface area contributed by atoms with Crippen molar-refractivity contribution in [2.75, 3.05) is 0 Å². The van der Waals surface area contributed by atoms with E-state index in [4.69, 9.17) is 0 Å². The number of aryl methyl sites for hydroxylation is 2. The molecule has 8 aromatic carbocycles. The number of allylic oxidation sites excluding steroid dienone is 4. The maximum absolute atomic E-state index is 3.60. The van der Waals surface area contributed by atoms with Gasteiger partial charge in [-0.3, -0.25) is 0 Å². The van der Waals surface area contributed by atoms with E-state index in [2.05, 4.69) is 290 Å². The van der Waals surface area contributed by atoms with Gasteiger partial charge in [0.05, 0.1) is 0 Å². The van der Waals surface area contributed by atoms with Crippen LogP contribution in [0.4, 0.5) is 0 Å². The van der Waals surface area contributed by atoms with Crippen LogP contribution in [-0.4, -0.2) is 26.5 Å². The normalized spacial score (nSPS) is 13.7. The van der Waals surface area contributed by atoms with Crippen molar-refractivity contribution in [2.24, 2.45) is 0 Å². The van der Waals surface area contributed by atoms with E-state index in [-0.39, 0.29) is 52.4 Å². The molecule has 86 heavy (non-hydrogen) atoms. The van der Waals surface area contributed by atoms with Crippen molar-refractivity contribution in [2.45, 2.75) is 202 Å². The van der Waals surface area contributed by atoms with Crippen molar-refractivity contribution in [3.63, 3.8) is 0 Å². The van der Waals surface area contributed by atoms with E-state index < -0.39 is 26.5 Å². The molecule has 2 aliphatic carbocycles. The molecule has 2 radical (unpaired) electrons. The van der Waals surface area contributed by atoms with Gasteiger partial charge in [-0.15, -0.1) is 69.1 Å². The van der Waals surface area contributed by atoms with Gasteiger partial charge in [-0.05, 0) is 11.1 Å². The van der Waals surface area contributed by atoms with Crippen molar-refractivity contribution in [1.29, 1.82) is 0 Å². The van der Waals surface area contributed by atoms with Gasteiger partial charge in [0.1, 0.15) is 0 Å². The predicted octanol–water partition coefficient (Wildman–Crippen LogP) is 26.5. The monoisotopic (exact) mass is 1420 g/mol. The maximum atomic E-state index is 3.60. The van der Waals surface area contributed by atoms with Gasteiger partial charge in [-0.2, -0.15) is 37.8 Å². The molecule has 8 aromatic rings. The fraction of sp³-hybridized carbons (Fsp3) is 0.390. The minimum Gasteiger partial charge on any atom is -0.343 e. The minimum atomic E-state index is -1.92. The first-order chi connectivity index (χ1) is 40.4. The second-order valence-electron chi connectivity index (χ2n) is 25.1. The van der Waals surface area contributed by atoms with Gasteiger partial charge in [0, 0.05) is 0 Å². The van der Waals surface area contributed by atoms with Crippen molar-refractivity contribution in [3.8, 4) is 22.3 Å². The molecule has 10 rings (SSSR count). The number of rotatable bonds is 17. The summed E-state index contributed by atoms with van der Waals surface area (Å²) >= 11 is -3.84. The Morgan fingerprint density at radius 3 is 0.953 bits per heavy atom. The van der Waals surface area contributed by atoms with Crippen LogP contribution in [0.15, 0.2) is 181 Å². The fourth-order valence-electron chi connectivity index (χ4n) is 12.2. The van der Waals surface area contributed by atoms with E-state index in [1.54, 1.807) is 33.4 Å². The van der Waals surface area contributed by atoms with Crippen LogP contribution in [0.3, 0.4) is 0 Å². The Hall–Kier alpha value is -3.13. The van der Waals surface area contributed by atoms with Crippen LogP contribution in [0.1, 0.15) is 188 Å². The first kappa shape index (κ1) is 79.0. The van der Waals surface area contributed by atoms with E-state index in [1.807, 2.05) is 0 Å². The summed E-state index contributed by atoms with van der Waals surface area (Å²) in [5.41, 5.74) is 20.7. The number of fused-ring (bicyclic) bond motifs is 4. The van der Waals surface area contributed by atoms with Gasteiger partial charge in [0.15, 0.2) is 0 Å². The summed E-state index contributed by atoms with van der Waals surface area (Å²) in [5, 5.41) is 8.39. The smallest absolute Gasteiger partial charge is 0.343 e. The molecule has 2 aliphatic rings. The summed E-state index contributed by atoms with van der Waals surface area (Å²) in [5.74, 6) is 10.8. The van der Waals surface area contributed by atoms with Crippen LogP contribution in [0.25, 0.3) is 54.9 Å². The van der Waals surface area contributed by atoms with Crippen LogP contribution >= 0.6 is 0 Å². The Labute approximate surface area is 572 Å². The van der Waals surface area contributed by atoms with Crippen LogP contribution in [0.5, 0.6) is 0 Å². The Bertz CT molecular complexity index is 2950. The number of hydrogen-bond donors (Lipinski definition) is 0. The summed E-state index contributed by atoms with van der Waals surface area (Å²) in [6, 6.07) is 61.6. The molecule has 0 bridgehead atoms. The number of unbranched alkanes of at least 4 members (excludes halogenated alkanes) is 9. The Balaban J connectivity index is 0.000000418. The molecule has 0 spiro atoms. The summed E-state index contributed by atoms with van der Waals surface area (Å²) in [6.45, 7) is 36.7. The molecular formula is C82H112Ge2Zr2. The third-order valence-corrected chi connectivity index (χ3v) is 33.8. The molecule has 0 aliphatic heterocycles. The minimum absolute atomic E-state index is 0. The van der Waals surface area contributed by atoms with Gasteiger partial charge in [0.25, 0.3) is 0 Å². The molecule has 2 atom stereocenters. The molecule has 0 saturated carbocycles. The number of benzene rings is 6. The molecule has 0 amide bonds. The van der Waals surface area contributed by atoms with Crippen molar-refractivity contribution in [1.82, 2.24) is 0 Å². The second kappa shape index (κ2) is 42.0. The fourth-order valence-corrected chi connectivity index (χ4v) is 28.7. The molecule has 2 unspecified atom stereocenters. The molecule has 0 aromatic heterocycles. The topological polar surface area (TPSA) is 0 Å². The van der Waals surface area contributed by atoms with Crippen molar-refractivity contribution < 1.29 is 52.4 Å². The van der Waals surface area contributed by atoms with E-state index in [1.165, 1.54) is 141 Å². The summed E-state index contributed by atoms with van der Waals surface area (Å²) in [4.78, 5) is 0. The number of hydrogen-bond acceptors (Lipinski definition) is 0. The zero-order valence-corrected chi connectivity index (χ0v) is 65.6.